The first-order valence-corrected chi connectivity index (χ1v) is 14.8. The minimum absolute atomic E-state index is 0.0158. The number of rotatable bonds is 7. The Bertz CT molecular complexity index is 1120. The molecule has 38 heavy (non-hydrogen) atoms. The van der Waals surface area contributed by atoms with Crippen LogP contribution in [0.1, 0.15) is 39.3 Å². The van der Waals surface area contributed by atoms with E-state index in [9.17, 15) is 19.2 Å². The van der Waals surface area contributed by atoms with Gasteiger partial charge in [0.2, 0.25) is 9.70 Å². The van der Waals surface area contributed by atoms with Crippen LogP contribution in [-0.2, 0) is 23.9 Å². The Balaban J connectivity index is 1.77. The molecule has 14 heteroatoms. The van der Waals surface area contributed by atoms with Crippen molar-refractivity contribution in [2.75, 3.05) is 12.9 Å². The van der Waals surface area contributed by atoms with Crippen LogP contribution in [0.2, 0.25) is 0 Å². The maximum Gasteiger partial charge on any atom is 0.408 e. The van der Waals surface area contributed by atoms with Gasteiger partial charge in [0, 0.05) is 10.1 Å². The summed E-state index contributed by atoms with van der Waals surface area (Å²) in [4.78, 5) is 53.9. The number of hydrogen-bond acceptors (Lipinski definition) is 8. The van der Waals surface area contributed by atoms with E-state index in [4.69, 9.17) is 44.3 Å². The Labute approximate surface area is 244 Å². The Morgan fingerprint density at radius 2 is 1.79 bits per heavy atom. The summed E-state index contributed by atoms with van der Waals surface area (Å²) in [6, 6.07) is 5.03. The lowest BCUT2D eigenvalue weighted by atomic mass is 10.0. The fourth-order valence-electron chi connectivity index (χ4n) is 3.70. The molecule has 1 saturated heterocycles. The lowest BCUT2D eigenvalue weighted by Gasteiger charge is -2.50. The number of amides is 3. The standard InChI is InChI=1S/C24H28Cl3N3O6S2/c1-12-10-15(21(33)35-11-24(25,26)27)30-19(32)17(20(30)38-12)28-18(31)16(29-22(34)36-23(2,3)4)13-6-8-14(37-5)9-7-13/h6-10,12,16-17,20H,11H2,1-5H3,(H,28,31)(H,29,34)/t12?,16?,17?,20-/m1/s1. The normalized spacial score (nSPS) is 21.9. The van der Waals surface area contributed by atoms with Gasteiger partial charge in [-0.15, -0.1) is 23.5 Å². The summed E-state index contributed by atoms with van der Waals surface area (Å²) in [5, 5.41) is 4.59. The molecule has 2 aliphatic rings. The molecule has 0 radical (unpaired) electrons. The topological polar surface area (TPSA) is 114 Å². The zero-order chi connectivity index (χ0) is 28.4. The number of benzene rings is 1. The molecule has 0 aliphatic carbocycles. The number of ether oxygens (including phenoxy) is 2. The van der Waals surface area contributed by atoms with Crippen LogP contribution in [0.4, 0.5) is 4.79 Å². The quantitative estimate of drug-likeness (QED) is 0.197. The van der Waals surface area contributed by atoms with E-state index in [0.29, 0.717) is 5.56 Å². The predicted octanol–water partition coefficient (Wildman–Crippen LogP) is 4.56. The number of nitrogens with zero attached hydrogens (tertiary/aromatic N) is 1. The molecule has 1 aromatic carbocycles. The molecule has 4 atom stereocenters. The molecule has 0 saturated carbocycles. The van der Waals surface area contributed by atoms with Gasteiger partial charge >= 0.3 is 12.1 Å². The summed E-state index contributed by atoms with van der Waals surface area (Å²) < 4.78 is 8.59. The Kier molecular flexibility index (Phi) is 9.84. The van der Waals surface area contributed by atoms with Gasteiger partial charge in [-0.1, -0.05) is 46.9 Å². The number of nitrogens with one attached hydrogen (secondary N) is 2. The van der Waals surface area contributed by atoms with E-state index < -0.39 is 57.3 Å². The number of hydrogen-bond donors (Lipinski definition) is 2. The molecule has 2 aliphatic heterocycles. The number of carbonyl (C=O) groups excluding carboxylic acids is 4. The predicted molar refractivity (Wildman–Crippen MR) is 149 cm³/mol. The average molecular weight is 625 g/mol. The van der Waals surface area contributed by atoms with Crippen molar-refractivity contribution in [3.8, 4) is 0 Å². The second kappa shape index (κ2) is 12.2. The van der Waals surface area contributed by atoms with Crippen molar-refractivity contribution in [2.24, 2.45) is 0 Å². The van der Waals surface area contributed by atoms with Crippen molar-refractivity contribution in [3.05, 3.63) is 41.6 Å². The second-order valence-corrected chi connectivity index (χ2v) is 14.4. The molecule has 2 heterocycles. The molecule has 3 rings (SSSR count). The van der Waals surface area contributed by atoms with E-state index >= 15 is 0 Å². The van der Waals surface area contributed by atoms with Crippen molar-refractivity contribution in [1.82, 2.24) is 15.5 Å². The molecule has 9 nitrogen and oxygen atoms in total. The number of halogens is 3. The number of fused-ring (bicyclic) bond motifs is 1. The van der Waals surface area contributed by atoms with Gasteiger partial charge in [0.15, 0.2) is 0 Å². The van der Waals surface area contributed by atoms with Gasteiger partial charge in [0.1, 0.15) is 35.4 Å². The lowest BCUT2D eigenvalue weighted by Crippen LogP contribution is -2.71. The van der Waals surface area contributed by atoms with Gasteiger partial charge in [-0.3, -0.25) is 14.5 Å². The van der Waals surface area contributed by atoms with Gasteiger partial charge < -0.3 is 20.1 Å². The minimum Gasteiger partial charge on any atom is -0.456 e. The molecule has 3 amide bonds. The highest BCUT2D eigenvalue weighted by atomic mass is 35.6. The highest BCUT2D eigenvalue weighted by Crippen LogP contribution is 2.41. The van der Waals surface area contributed by atoms with Crippen LogP contribution in [0, 0.1) is 0 Å². The zero-order valence-corrected chi connectivity index (χ0v) is 25.2. The summed E-state index contributed by atoms with van der Waals surface area (Å²) in [6.07, 6.45) is 2.72. The van der Waals surface area contributed by atoms with Crippen LogP contribution in [0.25, 0.3) is 0 Å². The molecule has 208 valence electrons. The van der Waals surface area contributed by atoms with Crippen molar-refractivity contribution in [1.29, 1.82) is 0 Å². The third-order valence-electron chi connectivity index (χ3n) is 5.30. The Morgan fingerprint density at radius 3 is 2.34 bits per heavy atom. The molecule has 0 bridgehead atoms. The second-order valence-electron chi connectivity index (χ2n) is 9.52. The number of alkyl halides is 3. The van der Waals surface area contributed by atoms with Crippen LogP contribution >= 0.6 is 58.3 Å². The van der Waals surface area contributed by atoms with E-state index in [2.05, 4.69) is 10.6 Å². The van der Waals surface area contributed by atoms with Crippen molar-refractivity contribution >= 4 is 82.2 Å². The molecule has 0 spiro atoms. The highest BCUT2D eigenvalue weighted by Gasteiger charge is 2.54. The summed E-state index contributed by atoms with van der Waals surface area (Å²) in [7, 11) is 0. The fraction of sp³-hybridized carbons (Fsp3) is 0.500. The maximum absolute atomic E-state index is 13.4. The number of β-lactam (4-membered cyclic amide) rings is 1. The van der Waals surface area contributed by atoms with Crippen LogP contribution in [0.5, 0.6) is 0 Å². The monoisotopic (exact) mass is 623 g/mol. The number of esters is 1. The molecular formula is C24H28Cl3N3O6S2. The van der Waals surface area contributed by atoms with Crippen LogP contribution < -0.4 is 10.6 Å². The van der Waals surface area contributed by atoms with E-state index in [1.165, 1.54) is 28.4 Å². The molecule has 1 aromatic rings. The van der Waals surface area contributed by atoms with Crippen molar-refractivity contribution < 1.29 is 28.7 Å². The first kappa shape index (κ1) is 30.7. The van der Waals surface area contributed by atoms with E-state index in [0.717, 1.165) is 4.90 Å². The smallest absolute Gasteiger partial charge is 0.408 e. The first-order valence-electron chi connectivity index (χ1n) is 11.5. The fourth-order valence-corrected chi connectivity index (χ4v) is 5.60. The van der Waals surface area contributed by atoms with Gasteiger partial charge in [-0.05, 0) is 57.7 Å². The lowest BCUT2D eigenvalue weighted by molar-refractivity contribution is -0.153. The average Bonchev–Trinajstić information content (AvgIpc) is 2.82. The minimum atomic E-state index is -1.80. The van der Waals surface area contributed by atoms with Gasteiger partial charge in [-0.25, -0.2) is 9.59 Å². The Hall–Kier alpha value is -1.79. The summed E-state index contributed by atoms with van der Waals surface area (Å²) in [5.41, 5.74) is -0.252. The summed E-state index contributed by atoms with van der Waals surface area (Å²) in [5.74, 6) is -1.92. The SMILES string of the molecule is CSc1ccc(C(NC(=O)OC(C)(C)C)C(=O)NC2C(=O)N3C(C(=O)OCC(Cl)(Cl)Cl)=CC(C)S[C@H]23)cc1. The molecular weight excluding hydrogens is 597 g/mol. The van der Waals surface area contributed by atoms with Crippen molar-refractivity contribution in [3.63, 3.8) is 0 Å². The number of alkyl carbamates (subject to hydrolysis) is 1. The number of carbonyl (C=O) groups is 4. The first-order chi connectivity index (χ1) is 17.6. The molecule has 3 unspecified atom stereocenters. The summed E-state index contributed by atoms with van der Waals surface area (Å²) in [6.45, 7) is 6.48. The van der Waals surface area contributed by atoms with Crippen LogP contribution in [-0.4, -0.2) is 67.7 Å². The Morgan fingerprint density at radius 1 is 1.16 bits per heavy atom. The van der Waals surface area contributed by atoms with Crippen LogP contribution in [0.3, 0.4) is 0 Å². The van der Waals surface area contributed by atoms with Gasteiger partial charge in [0.05, 0.1) is 0 Å². The van der Waals surface area contributed by atoms with Gasteiger partial charge in [0.25, 0.3) is 5.91 Å². The van der Waals surface area contributed by atoms with E-state index in [1.807, 2.05) is 25.3 Å². The summed E-state index contributed by atoms with van der Waals surface area (Å²) >= 11 is 19.9. The third-order valence-corrected chi connectivity index (χ3v) is 7.69. The van der Waals surface area contributed by atoms with Crippen LogP contribution in [0.15, 0.2) is 40.9 Å². The number of thioether (sulfide) groups is 2. The third kappa shape index (κ3) is 7.88. The molecule has 1 fully saturated rings. The zero-order valence-electron chi connectivity index (χ0n) is 21.3. The highest BCUT2D eigenvalue weighted by molar-refractivity contribution is 8.00. The molecule has 0 aromatic heterocycles. The van der Waals surface area contributed by atoms with Crippen molar-refractivity contribution in [2.45, 2.75) is 64.7 Å². The van der Waals surface area contributed by atoms with E-state index in [-0.39, 0.29) is 10.9 Å². The van der Waals surface area contributed by atoms with E-state index in [1.54, 1.807) is 39.0 Å². The van der Waals surface area contributed by atoms with Gasteiger partial charge in [-0.2, -0.15) is 0 Å². The molecule has 2 N–H and O–H groups in total. The maximum atomic E-state index is 13.4. The largest absolute Gasteiger partial charge is 0.456 e.